The summed E-state index contributed by atoms with van der Waals surface area (Å²) in [5, 5.41) is 47.8. The molecule has 0 aromatic carbocycles. The largest absolute Gasteiger partial charge is 0.503 e. The molecule has 14 nitrogen and oxygen atoms in total. The van der Waals surface area contributed by atoms with E-state index in [1.54, 1.807) is 0 Å². The van der Waals surface area contributed by atoms with Crippen molar-refractivity contribution in [1.82, 2.24) is 24.6 Å². The lowest BCUT2D eigenvalue weighted by Crippen LogP contribution is -2.42. The fourth-order valence-electron chi connectivity index (χ4n) is 0.714. The summed E-state index contributed by atoms with van der Waals surface area (Å²) in [4.78, 5) is 39.0. The molecule has 0 amide bonds. The summed E-state index contributed by atoms with van der Waals surface area (Å²) in [7, 11) is 0. The summed E-state index contributed by atoms with van der Waals surface area (Å²) >= 11 is 0. The molecule has 0 spiro atoms. The highest BCUT2D eigenvalue weighted by Crippen LogP contribution is 2.15. The second-order valence-electron chi connectivity index (χ2n) is 2.76. The van der Waals surface area contributed by atoms with Gasteiger partial charge < -0.3 is 55.2 Å². The first kappa shape index (κ1) is 36.3. The van der Waals surface area contributed by atoms with Gasteiger partial charge in [0.1, 0.15) is 0 Å². The van der Waals surface area contributed by atoms with Crippen molar-refractivity contribution >= 4 is 24.1 Å². The van der Waals surface area contributed by atoms with Gasteiger partial charge in [0.15, 0.2) is 5.60 Å². The maximum atomic E-state index is 10.3. The van der Waals surface area contributed by atoms with Crippen LogP contribution in [-0.2, 0) is 14.4 Å². The van der Waals surface area contributed by atoms with E-state index in [-0.39, 0.29) is 24.6 Å². The molecular formula is C7H22N4O10. The molecule has 21 heavy (non-hydrogen) atoms. The molecule has 0 aromatic heterocycles. The van der Waals surface area contributed by atoms with Crippen molar-refractivity contribution in [3.05, 3.63) is 0 Å². The monoisotopic (exact) mass is 322 g/mol. The molecule has 0 saturated carbocycles. The summed E-state index contributed by atoms with van der Waals surface area (Å²) in [5.41, 5.74) is -2.74. The van der Waals surface area contributed by atoms with Gasteiger partial charge in [0.2, 0.25) is 0 Å². The van der Waals surface area contributed by atoms with E-state index < -0.39 is 42.5 Å². The van der Waals surface area contributed by atoms with E-state index in [1.807, 2.05) is 0 Å². The Morgan fingerprint density at radius 3 is 0.952 bits per heavy atom. The SMILES string of the molecule is N.N.N.N.O=C(O)CC(O)(CC(=O)O)C(=O)O.O=C(O)O. The lowest BCUT2D eigenvalue weighted by molar-refractivity contribution is -0.170. The molecule has 0 fully saturated rings. The highest BCUT2D eigenvalue weighted by Gasteiger charge is 2.40. The molecule has 0 rings (SSSR count). The third-order valence-electron chi connectivity index (χ3n) is 1.29. The summed E-state index contributed by atoms with van der Waals surface area (Å²) in [6.45, 7) is 0. The topological polar surface area (TPSA) is 330 Å². The van der Waals surface area contributed by atoms with Crippen molar-refractivity contribution < 1.29 is 49.8 Å². The maximum Gasteiger partial charge on any atom is 0.503 e. The van der Waals surface area contributed by atoms with E-state index in [0.717, 1.165) is 0 Å². The van der Waals surface area contributed by atoms with Crippen LogP contribution < -0.4 is 24.6 Å². The predicted octanol–water partition coefficient (Wildman–Crippen LogP) is -0.378. The molecule has 0 aliphatic rings. The molecule has 0 unspecified atom stereocenters. The van der Waals surface area contributed by atoms with Crippen LogP contribution in [0.4, 0.5) is 4.79 Å². The lowest BCUT2D eigenvalue weighted by Gasteiger charge is -2.18. The van der Waals surface area contributed by atoms with Crippen molar-refractivity contribution in [2.45, 2.75) is 18.4 Å². The van der Waals surface area contributed by atoms with Crippen LogP contribution >= 0.6 is 0 Å². The number of carboxylic acid groups (broad SMARTS) is 5. The van der Waals surface area contributed by atoms with Crippen LogP contribution in [0.1, 0.15) is 12.8 Å². The Hall–Kier alpha value is -2.52. The minimum atomic E-state index is -2.74. The number of hydrogen-bond donors (Lipinski definition) is 10. The van der Waals surface area contributed by atoms with Crippen LogP contribution in [0.2, 0.25) is 0 Å². The van der Waals surface area contributed by atoms with Gasteiger partial charge in [-0.3, -0.25) is 9.59 Å². The van der Waals surface area contributed by atoms with Gasteiger partial charge in [-0.1, -0.05) is 0 Å². The zero-order valence-electron chi connectivity index (χ0n) is 11.1. The number of carboxylic acids is 3. The molecule has 130 valence electrons. The van der Waals surface area contributed by atoms with E-state index in [4.69, 9.17) is 35.4 Å². The number of aliphatic carboxylic acids is 3. The number of aliphatic hydroxyl groups is 1. The molecule has 0 saturated heterocycles. The normalized spacial score (nSPS) is 7.86. The fourth-order valence-corrected chi connectivity index (χ4v) is 0.714. The first-order valence-electron chi connectivity index (χ1n) is 3.82. The number of rotatable bonds is 5. The summed E-state index contributed by atoms with van der Waals surface area (Å²) in [6.07, 6.45) is -4.12. The van der Waals surface area contributed by atoms with E-state index in [2.05, 4.69) is 0 Å². The Balaban J connectivity index is -0.0000000629. The molecule has 0 aromatic rings. The summed E-state index contributed by atoms with van der Waals surface area (Å²) in [5.74, 6) is -5.02. The van der Waals surface area contributed by atoms with Gasteiger partial charge in [0, 0.05) is 0 Å². The first-order valence-corrected chi connectivity index (χ1v) is 3.82. The highest BCUT2D eigenvalue weighted by molar-refractivity contribution is 5.88. The van der Waals surface area contributed by atoms with E-state index >= 15 is 0 Å². The van der Waals surface area contributed by atoms with Crippen LogP contribution in [0.3, 0.4) is 0 Å². The zero-order chi connectivity index (χ0) is 14.2. The van der Waals surface area contributed by atoms with Gasteiger partial charge in [-0.2, -0.15) is 0 Å². The van der Waals surface area contributed by atoms with Gasteiger partial charge in [-0.15, -0.1) is 0 Å². The van der Waals surface area contributed by atoms with Crippen molar-refractivity contribution in [1.29, 1.82) is 0 Å². The maximum absolute atomic E-state index is 10.3. The molecule has 0 bridgehead atoms. The third kappa shape index (κ3) is 23.1. The van der Waals surface area contributed by atoms with Gasteiger partial charge >= 0.3 is 24.1 Å². The average molecular weight is 322 g/mol. The molecule has 0 aliphatic carbocycles. The summed E-state index contributed by atoms with van der Waals surface area (Å²) in [6, 6.07) is 0. The molecule has 14 heteroatoms. The van der Waals surface area contributed by atoms with E-state index in [0.29, 0.717) is 0 Å². The lowest BCUT2D eigenvalue weighted by atomic mass is 9.96. The van der Waals surface area contributed by atoms with E-state index in [9.17, 15) is 14.4 Å². The Labute approximate surface area is 118 Å². The van der Waals surface area contributed by atoms with Crippen LogP contribution in [0, 0.1) is 0 Å². The van der Waals surface area contributed by atoms with Crippen molar-refractivity contribution in [3.63, 3.8) is 0 Å². The van der Waals surface area contributed by atoms with E-state index in [1.165, 1.54) is 0 Å². The second-order valence-corrected chi connectivity index (χ2v) is 2.76. The molecule has 0 aliphatic heterocycles. The van der Waals surface area contributed by atoms with Gasteiger partial charge in [0.25, 0.3) is 0 Å². The van der Waals surface area contributed by atoms with Crippen molar-refractivity contribution in [2.75, 3.05) is 0 Å². The van der Waals surface area contributed by atoms with Gasteiger partial charge in [0.05, 0.1) is 12.8 Å². The second kappa shape index (κ2) is 15.5. The van der Waals surface area contributed by atoms with Crippen LogP contribution in [0.15, 0.2) is 0 Å². The van der Waals surface area contributed by atoms with Crippen LogP contribution in [0.5, 0.6) is 0 Å². The first-order chi connectivity index (χ1) is 7.51. The van der Waals surface area contributed by atoms with Crippen LogP contribution in [-0.4, -0.2) is 60.3 Å². The Morgan fingerprint density at radius 1 is 0.667 bits per heavy atom. The quantitative estimate of drug-likeness (QED) is 0.308. The highest BCUT2D eigenvalue weighted by atomic mass is 16.6. The smallest absolute Gasteiger partial charge is 0.481 e. The van der Waals surface area contributed by atoms with Gasteiger partial charge in [-0.05, 0) is 0 Å². The Morgan fingerprint density at radius 2 is 0.857 bits per heavy atom. The minimum Gasteiger partial charge on any atom is -0.481 e. The molecule has 0 heterocycles. The number of carbonyl (C=O) groups is 4. The third-order valence-corrected chi connectivity index (χ3v) is 1.29. The zero-order valence-corrected chi connectivity index (χ0v) is 11.1. The number of hydrogen-bond acceptors (Lipinski definition) is 9. The molecule has 18 N–H and O–H groups in total. The standard InChI is InChI=1S/C6H8O7.CH2O3.4H3N/c7-3(8)1-6(13,5(11)12)2-4(9)10;2-1(3)4;;;;/h13H,1-2H2,(H,7,8)(H,9,10)(H,11,12);(H2,2,3,4);4*1H3. The Bertz CT molecular complexity index is 313. The predicted molar refractivity (Wildman–Crippen MR) is 67.8 cm³/mol. The Kier molecular flexibility index (Phi) is 26.8. The fraction of sp³-hybridized carbons (Fsp3) is 0.429. The average Bonchev–Trinajstić information content (AvgIpc) is 1.98. The summed E-state index contributed by atoms with van der Waals surface area (Å²) < 4.78 is 0. The minimum absolute atomic E-state index is 0. The molecule has 0 radical (unpaired) electrons. The van der Waals surface area contributed by atoms with Gasteiger partial charge in [-0.25, -0.2) is 9.59 Å². The molecular weight excluding hydrogens is 300 g/mol. The molecule has 0 atom stereocenters. The van der Waals surface area contributed by atoms with Crippen molar-refractivity contribution in [3.8, 4) is 0 Å². The van der Waals surface area contributed by atoms with Crippen molar-refractivity contribution in [2.24, 2.45) is 0 Å². The van der Waals surface area contributed by atoms with Crippen LogP contribution in [0.25, 0.3) is 0 Å².